The van der Waals surface area contributed by atoms with Crippen LogP contribution in [0, 0.1) is 12.7 Å². The van der Waals surface area contributed by atoms with Crippen molar-refractivity contribution in [2.75, 3.05) is 19.6 Å². The molecule has 1 amide bonds. The van der Waals surface area contributed by atoms with E-state index in [1.54, 1.807) is 12.1 Å². The van der Waals surface area contributed by atoms with E-state index in [2.05, 4.69) is 10.3 Å². The van der Waals surface area contributed by atoms with Gasteiger partial charge in [0.2, 0.25) is 0 Å². The highest BCUT2D eigenvalue weighted by atomic mass is 32.1. The fourth-order valence-corrected chi connectivity index (χ4v) is 3.61. The predicted octanol–water partition coefficient (Wildman–Crippen LogP) is 2.69. The van der Waals surface area contributed by atoms with Crippen molar-refractivity contribution >= 4 is 17.2 Å². The number of aryl methyl sites for hydroxylation is 1. The summed E-state index contributed by atoms with van der Waals surface area (Å²) in [6.45, 7) is 6.24. The first-order chi connectivity index (χ1) is 10.6. The summed E-state index contributed by atoms with van der Waals surface area (Å²) >= 11 is 1.38. The van der Waals surface area contributed by atoms with E-state index in [1.165, 1.54) is 23.5 Å². The van der Waals surface area contributed by atoms with Crippen molar-refractivity contribution in [1.82, 2.24) is 15.2 Å². The Hall–Kier alpha value is -1.79. The Morgan fingerprint density at radius 3 is 2.82 bits per heavy atom. The molecule has 3 rings (SSSR count). The molecular formula is C16H18FN3OS. The minimum absolute atomic E-state index is 0.0392. The average molecular weight is 319 g/mol. The highest BCUT2D eigenvalue weighted by Crippen LogP contribution is 2.29. The number of nitrogens with one attached hydrogen (secondary N) is 1. The monoisotopic (exact) mass is 319 g/mol. The van der Waals surface area contributed by atoms with Crippen molar-refractivity contribution in [2.45, 2.75) is 19.9 Å². The van der Waals surface area contributed by atoms with Crippen LogP contribution < -0.4 is 5.32 Å². The molecule has 1 saturated heterocycles. The molecule has 0 radical (unpaired) electrons. The second-order valence-corrected chi connectivity index (χ2v) is 6.49. The van der Waals surface area contributed by atoms with Crippen LogP contribution in [0.2, 0.25) is 0 Å². The van der Waals surface area contributed by atoms with Gasteiger partial charge in [-0.3, -0.25) is 4.79 Å². The van der Waals surface area contributed by atoms with Gasteiger partial charge in [0.1, 0.15) is 15.7 Å². The van der Waals surface area contributed by atoms with Crippen LogP contribution in [0.1, 0.15) is 22.3 Å². The summed E-state index contributed by atoms with van der Waals surface area (Å²) in [4.78, 5) is 19.8. The fourth-order valence-electron chi connectivity index (χ4n) is 2.58. The molecule has 1 fully saturated rings. The van der Waals surface area contributed by atoms with Crippen LogP contribution in [-0.4, -0.2) is 41.5 Å². The normalized spacial score (nSPS) is 18.5. The van der Waals surface area contributed by atoms with Crippen molar-refractivity contribution in [3.05, 3.63) is 40.7 Å². The van der Waals surface area contributed by atoms with E-state index >= 15 is 0 Å². The van der Waals surface area contributed by atoms with Gasteiger partial charge in [0.15, 0.2) is 0 Å². The molecule has 1 aromatic heterocycles. The summed E-state index contributed by atoms with van der Waals surface area (Å²) in [5, 5.41) is 4.03. The molecule has 2 aromatic rings. The molecular weight excluding hydrogens is 301 g/mol. The number of carbonyl (C=O) groups is 1. The van der Waals surface area contributed by atoms with Gasteiger partial charge in [-0.25, -0.2) is 9.37 Å². The van der Waals surface area contributed by atoms with Gasteiger partial charge in [-0.15, -0.1) is 11.3 Å². The number of halogens is 1. The van der Waals surface area contributed by atoms with Gasteiger partial charge in [-0.05, 0) is 38.1 Å². The van der Waals surface area contributed by atoms with Gasteiger partial charge in [0, 0.05) is 31.2 Å². The summed E-state index contributed by atoms with van der Waals surface area (Å²) in [6.07, 6.45) is 0. The van der Waals surface area contributed by atoms with Gasteiger partial charge < -0.3 is 10.2 Å². The number of rotatable bonds is 2. The number of thiazole rings is 1. The predicted molar refractivity (Wildman–Crippen MR) is 85.6 cm³/mol. The third-order valence-electron chi connectivity index (χ3n) is 3.84. The maximum absolute atomic E-state index is 13.0. The van der Waals surface area contributed by atoms with Crippen molar-refractivity contribution in [3.8, 4) is 10.6 Å². The van der Waals surface area contributed by atoms with Gasteiger partial charge >= 0.3 is 0 Å². The number of nitrogens with zero attached hydrogens (tertiary/aromatic N) is 2. The highest BCUT2D eigenvalue weighted by Gasteiger charge is 2.27. The Balaban J connectivity index is 1.88. The zero-order valence-corrected chi connectivity index (χ0v) is 13.4. The first kappa shape index (κ1) is 15.1. The molecule has 116 valence electrons. The lowest BCUT2D eigenvalue weighted by Gasteiger charge is -2.33. The second kappa shape index (κ2) is 6.14. The van der Waals surface area contributed by atoms with Crippen LogP contribution in [0.5, 0.6) is 0 Å². The van der Waals surface area contributed by atoms with E-state index in [4.69, 9.17) is 0 Å². The molecule has 0 saturated carbocycles. The zero-order valence-electron chi connectivity index (χ0n) is 12.6. The van der Waals surface area contributed by atoms with E-state index in [1.807, 2.05) is 18.7 Å². The molecule has 1 N–H and O–H groups in total. The second-order valence-electron chi connectivity index (χ2n) is 5.49. The number of carbonyl (C=O) groups excluding carboxylic acids is 1. The molecule has 22 heavy (non-hydrogen) atoms. The lowest BCUT2D eigenvalue weighted by molar-refractivity contribution is 0.0660. The molecule has 0 spiro atoms. The minimum atomic E-state index is -0.275. The summed E-state index contributed by atoms with van der Waals surface area (Å²) in [6, 6.07) is 6.37. The van der Waals surface area contributed by atoms with Crippen molar-refractivity contribution in [3.63, 3.8) is 0 Å². The Morgan fingerprint density at radius 2 is 2.14 bits per heavy atom. The third-order valence-corrected chi connectivity index (χ3v) is 5.04. The third kappa shape index (κ3) is 2.89. The lowest BCUT2D eigenvalue weighted by Crippen LogP contribution is -2.52. The van der Waals surface area contributed by atoms with Gasteiger partial charge in [0.25, 0.3) is 5.91 Å². The van der Waals surface area contributed by atoms with Crippen molar-refractivity contribution < 1.29 is 9.18 Å². The lowest BCUT2D eigenvalue weighted by atomic mass is 10.2. The summed E-state index contributed by atoms with van der Waals surface area (Å²) in [5.74, 6) is -0.236. The smallest absolute Gasteiger partial charge is 0.266 e. The molecule has 1 atom stereocenters. The van der Waals surface area contributed by atoms with E-state index in [-0.39, 0.29) is 17.8 Å². The number of aromatic nitrogens is 1. The van der Waals surface area contributed by atoms with E-state index in [0.717, 1.165) is 29.4 Å². The molecule has 4 nitrogen and oxygen atoms in total. The molecule has 1 aliphatic heterocycles. The van der Waals surface area contributed by atoms with E-state index < -0.39 is 0 Å². The summed E-state index contributed by atoms with van der Waals surface area (Å²) < 4.78 is 13.0. The Bertz CT molecular complexity index is 683. The zero-order chi connectivity index (χ0) is 15.7. The largest absolute Gasteiger partial charge is 0.333 e. The van der Waals surface area contributed by atoms with Crippen LogP contribution >= 0.6 is 11.3 Å². The molecule has 2 heterocycles. The topological polar surface area (TPSA) is 45.2 Å². The Kier molecular flexibility index (Phi) is 4.22. The maximum atomic E-state index is 13.0. The minimum Gasteiger partial charge on any atom is -0.333 e. The van der Waals surface area contributed by atoms with Crippen molar-refractivity contribution in [2.24, 2.45) is 0 Å². The summed E-state index contributed by atoms with van der Waals surface area (Å²) in [7, 11) is 0. The SMILES string of the molecule is Cc1nc(-c2ccc(F)cc2)sc1C(=O)N1CCNC[C@@H]1C. The quantitative estimate of drug-likeness (QED) is 0.926. The fraction of sp³-hybridized carbons (Fsp3) is 0.375. The molecule has 0 unspecified atom stereocenters. The van der Waals surface area contributed by atoms with Crippen LogP contribution in [0.4, 0.5) is 4.39 Å². The van der Waals surface area contributed by atoms with Crippen LogP contribution in [-0.2, 0) is 0 Å². The molecule has 1 aromatic carbocycles. The van der Waals surface area contributed by atoms with E-state index in [9.17, 15) is 9.18 Å². The Labute approximate surface area is 133 Å². The average Bonchev–Trinajstić information content (AvgIpc) is 2.90. The van der Waals surface area contributed by atoms with Gasteiger partial charge in [-0.2, -0.15) is 0 Å². The van der Waals surface area contributed by atoms with E-state index in [0.29, 0.717) is 11.4 Å². The van der Waals surface area contributed by atoms with Crippen LogP contribution in [0.15, 0.2) is 24.3 Å². The van der Waals surface area contributed by atoms with Gasteiger partial charge in [-0.1, -0.05) is 0 Å². The number of piperazine rings is 1. The van der Waals surface area contributed by atoms with Crippen LogP contribution in [0.25, 0.3) is 10.6 Å². The molecule has 1 aliphatic rings. The van der Waals surface area contributed by atoms with Crippen molar-refractivity contribution in [1.29, 1.82) is 0 Å². The first-order valence-electron chi connectivity index (χ1n) is 7.31. The first-order valence-corrected chi connectivity index (χ1v) is 8.13. The molecule has 6 heteroatoms. The Morgan fingerprint density at radius 1 is 1.41 bits per heavy atom. The highest BCUT2D eigenvalue weighted by molar-refractivity contribution is 7.17. The molecule has 0 aliphatic carbocycles. The number of hydrogen-bond acceptors (Lipinski definition) is 4. The summed E-state index contributed by atoms with van der Waals surface area (Å²) in [5.41, 5.74) is 1.57. The maximum Gasteiger partial charge on any atom is 0.266 e. The van der Waals surface area contributed by atoms with Gasteiger partial charge in [0.05, 0.1) is 5.69 Å². The standard InChI is InChI=1S/C16H18FN3OS/c1-10-9-18-7-8-20(10)16(21)14-11(2)19-15(22-14)12-3-5-13(17)6-4-12/h3-6,10,18H,7-9H2,1-2H3/t10-/m0/s1. The number of amides is 1. The van der Waals surface area contributed by atoms with Crippen LogP contribution in [0.3, 0.4) is 0 Å². The molecule has 0 bridgehead atoms. The number of benzene rings is 1. The number of hydrogen-bond donors (Lipinski definition) is 1.